The lowest BCUT2D eigenvalue weighted by molar-refractivity contribution is 0.0187. The van der Waals surface area contributed by atoms with Gasteiger partial charge in [-0.25, -0.2) is 4.79 Å². The Morgan fingerprint density at radius 3 is 2.48 bits per heavy atom. The number of hydrogen-bond acceptors (Lipinski definition) is 4. The average Bonchev–Trinajstić information content (AvgIpc) is 3.02. The predicted molar refractivity (Wildman–Crippen MR) is 122 cm³/mol. The minimum absolute atomic E-state index is 0.179. The maximum atomic E-state index is 12.5. The number of halogens is 1. The lowest BCUT2D eigenvalue weighted by Crippen LogP contribution is -2.44. The molecule has 0 aromatic heterocycles. The van der Waals surface area contributed by atoms with E-state index >= 15 is 0 Å². The molecule has 154 valence electrons. The first kappa shape index (κ1) is 20.8. The van der Waals surface area contributed by atoms with Crippen LogP contribution < -0.4 is 0 Å². The normalized spacial score (nSPS) is 19.0. The van der Waals surface area contributed by atoms with E-state index in [9.17, 15) is 4.79 Å². The van der Waals surface area contributed by atoms with Crippen LogP contribution in [0.2, 0.25) is 0 Å². The van der Waals surface area contributed by atoms with E-state index in [2.05, 4.69) is 63.6 Å². The van der Waals surface area contributed by atoms with Gasteiger partial charge in [0, 0.05) is 42.7 Å². The Morgan fingerprint density at radius 2 is 1.79 bits per heavy atom. The van der Waals surface area contributed by atoms with Gasteiger partial charge in [0.15, 0.2) is 0 Å². The second-order valence-electron chi connectivity index (χ2n) is 7.91. The summed E-state index contributed by atoms with van der Waals surface area (Å²) in [5.41, 5.74) is 3.55. The molecule has 6 heteroatoms. The summed E-state index contributed by atoms with van der Waals surface area (Å²) < 4.78 is 9.34. The van der Waals surface area contributed by atoms with Crippen molar-refractivity contribution in [2.75, 3.05) is 19.6 Å². The molecular formula is C23H27BrN2O2S. The van der Waals surface area contributed by atoms with Crippen LogP contribution in [-0.4, -0.2) is 40.5 Å². The van der Waals surface area contributed by atoms with Gasteiger partial charge in [0.25, 0.3) is 0 Å². The van der Waals surface area contributed by atoms with Crippen LogP contribution in [0.25, 0.3) is 0 Å². The monoisotopic (exact) mass is 474 g/mol. The molecule has 2 aliphatic heterocycles. The van der Waals surface area contributed by atoms with Crippen LogP contribution in [0.1, 0.15) is 36.5 Å². The summed E-state index contributed by atoms with van der Waals surface area (Å²) in [6.07, 6.45) is 2.70. The Balaban J connectivity index is 1.27. The molecule has 2 saturated heterocycles. The van der Waals surface area contributed by atoms with Gasteiger partial charge in [-0.2, -0.15) is 0 Å². The van der Waals surface area contributed by atoms with E-state index in [1.807, 2.05) is 29.0 Å². The second kappa shape index (κ2) is 9.11. The van der Waals surface area contributed by atoms with E-state index < -0.39 is 0 Å². The highest BCUT2D eigenvalue weighted by atomic mass is 79.9. The number of carbonyl (C=O) groups is 1. The first-order valence-electron chi connectivity index (χ1n) is 10.2. The Bertz CT molecular complexity index is 850. The maximum absolute atomic E-state index is 12.5. The lowest BCUT2D eigenvalue weighted by atomic mass is 9.92. The smallest absolute Gasteiger partial charge is 0.410 e. The van der Waals surface area contributed by atoms with Crippen molar-refractivity contribution in [1.29, 1.82) is 0 Å². The van der Waals surface area contributed by atoms with Gasteiger partial charge in [0.2, 0.25) is 0 Å². The molecule has 4 nitrogen and oxygen atoms in total. The van der Waals surface area contributed by atoms with Crippen molar-refractivity contribution < 1.29 is 9.53 Å². The highest BCUT2D eigenvalue weighted by Crippen LogP contribution is 2.36. The Hall–Kier alpha value is -1.50. The molecule has 0 bridgehead atoms. The van der Waals surface area contributed by atoms with E-state index in [-0.39, 0.29) is 11.7 Å². The SMILES string of the molecule is CCc1ccc(CSN2CCC3(CC2)CN(Cc2cccc(Br)c2)C(=O)O3)cc1. The molecule has 0 N–H and O–H groups in total. The van der Waals surface area contributed by atoms with Gasteiger partial charge in [-0.3, -0.25) is 9.21 Å². The Labute approximate surface area is 185 Å². The third-order valence-electron chi connectivity index (χ3n) is 5.78. The Kier molecular flexibility index (Phi) is 6.52. The van der Waals surface area contributed by atoms with Gasteiger partial charge >= 0.3 is 6.09 Å². The number of aryl methyl sites for hydroxylation is 1. The summed E-state index contributed by atoms with van der Waals surface area (Å²) in [5, 5.41) is 0. The highest BCUT2D eigenvalue weighted by Gasteiger charge is 2.46. The van der Waals surface area contributed by atoms with E-state index in [0.717, 1.165) is 48.1 Å². The molecular weight excluding hydrogens is 448 g/mol. The summed E-state index contributed by atoms with van der Waals surface area (Å²) in [5.74, 6) is 0.992. The van der Waals surface area contributed by atoms with Gasteiger partial charge in [-0.05, 0) is 35.2 Å². The number of carbonyl (C=O) groups excluding carboxylic acids is 1. The molecule has 2 heterocycles. The third-order valence-corrected chi connectivity index (χ3v) is 7.47. The molecule has 0 atom stereocenters. The number of nitrogens with zero attached hydrogens (tertiary/aromatic N) is 2. The molecule has 2 aromatic carbocycles. The van der Waals surface area contributed by atoms with Crippen LogP contribution in [0.4, 0.5) is 4.79 Å². The highest BCUT2D eigenvalue weighted by molar-refractivity contribution is 9.10. The average molecular weight is 475 g/mol. The van der Waals surface area contributed by atoms with Crippen LogP contribution in [0.15, 0.2) is 53.0 Å². The quantitative estimate of drug-likeness (QED) is 0.506. The largest absolute Gasteiger partial charge is 0.441 e. The third kappa shape index (κ3) is 5.16. The van der Waals surface area contributed by atoms with Crippen molar-refractivity contribution in [3.63, 3.8) is 0 Å². The molecule has 0 radical (unpaired) electrons. The van der Waals surface area contributed by atoms with Crippen LogP contribution in [0, 0.1) is 0 Å². The first-order valence-corrected chi connectivity index (χ1v) is 12.0. The summed E-state index contributed by atoms with van der Waals surface area (Å²) in [6, 6.07) is 17.0. The number of amides is 1. The second-order valence-corrected chi connectivity index (χ2v) is 9.89. The molecule has 1 spiro atoms. The summed E-state index contributed by atoms with van der Waals surface area (Å²) in [6.45, 7) is 5.39. The molecule has 0 saturated carbocycles. The van der Waals surface area contributed by atoms with Crippen molar-refractivity contribution in [3.05, 3.63) is 69.7 Å². The molecule has 2 aliphatic rings. The van der Waals surface area contributed by atoms with Crippen molar-refractivity contribution in [3.8, 4) is 0 Å². The number of hydrogen-bond donors (Lipinski definition) is 0. The van der Waals surface area contributed by atoms with E-state index in [4.69, 9.17) is 4.74 Å². The first-order chi connectivity index (χ1) is 14.0. The molecule has 2 aromatic rings. The standard InChI is InChI=1S/C23H27BrN2O2S/c1-2-18-6-8-19(9-7-18)16-29-26-12-10-23(11-13-26)17-25(22(27)28-23)15-20-4-3-5-21(24)14-20/h3-9,14H,2,10-13,15-17H2,1H3. The van der Waals surface area contributed by atoms with Gasteiger partial charge < -0.3 is 4.74 Å². The summed E-state index contributed by atoms with van der Waals surface area (Å²) in [7, 11) is 0. The van der Waals surface area contributed by atoms with E-state index in [1.165, 1.54) is 11.1 Å². The fourth-order valence-electron chi connectivity index (χ4n) is 3.99. The minimum Gasteiger partial charge on any atom is -0.441 e. The van der Waals surface area contributed by atoms with Gasteiger partial charge in [-0.1, -0.05) is 71.2 Å². The fraction of sp³-hybridized carbons (Fsp3) is 0.435. The molecule has 4 rings (SSSR count). The zero-order valence-corrected chi connectivity index (χ0v) is 19.2. The van der Waals surface area contributed by atoms with Crippen LogP contribution >= 0.6 is 27.9 Å². The number of rotatable bonds is 6. The number of piperidine rings is 1. The Morgan fingerprint density at radius 1 is 1.07 bits per heavy atom. The molecule has 0 aliphatic carbocycles. The van der Waals surface area contributed by atoms with E-state index in [1.54, 1.807) is 0 Å². The fourth-order valence-corrected chi connectivity index (χ4v) is 5.40. The van der Waals surface area contributed by atoms with Crippen molar-refractivity contribution in [2.24, 2.45) is 0 Å². The van der Waals surface area contributed by atoms with Crippen molar-refractivity contribution in [1.82, 2.24) is 9.21 Å². The molecule has 0 unspecified atom stereocenters. The van der Waals surface area contributed by atoms with Gasteiger partial charge in [-0.15, -0.1) is 0 Å². The number of benzene rings is 2. The van der Waals surface area contributed by atoms with Crippen molar-refractivity contribution in [2.45, 2.75) is 44.1 Å². The minimum atomic E-state index is -0.317. The van der Waals surface area contributed by atoms with Crippen LogP contribution in [0.3, 0.4) is 0 Å². The predicted octanol–water partition coefficient (Wildman–Crippen LogP) is 5.65. The zero-order valence-electron chi connectivity index (χ0n) is 16.8. The van der Waals surface area contributed by atoms with Crippen LogP contribution in [0.5, 0.6) is 0 Å². The molecule has 1 amide bonds. The number of ether oxygens (including phenoxy) is 1. The maximum Gasteiger partial charge on any atom is 0.410 e. The molecule has 2 fully saturated rings. The lowest BCUT2D eigenvalue weighted by Gasteiger charge is -2.36. The molecule has 29 heavy (non-hydrogen) atoms. The summed E-state index contributed by atoms with van der Waals surface area (Å²) >= 11 is 5.39. The summed E-state index contributed by atoms with van der Waals surface area (Å²) in [4.78, 5) is 14.3. The van der Waals surface area contributed by atoms with Gasteiger partial charge in [0.05, 0.1) is 6.54 Å². The topological polar surface area (TPSA) is 32.8 Å². The zero-order chi connectivity index (χ0) is 20.3. The van der Waals surface area contributed by atoms with E-state index in [0.29, 0.717) is 13.1 Å². The van der Waals surface area contributed by atoms with Crippen molar-refractivity contribution >= 4 is 34.0 Å². The van der Waals surface area contributed by atoms with Crippen LogP contribution in [-0.2, 0) is 23.5 Å². The van der Waals surface area contributed by atoms with Gasteiger partial charge in [0.1, 0.15) is 5.60 Å².